The molecule has 1 aromatic carbocycles. The smallest absolute Gasteiger partial charge is 0.123 e. The van der Waals surface area contributed by atoms with Gasteiger partial charge >= 0.3 is 0 Å². The van der Waals surface area contributed by atoms with E-state index in [0.717, 1.165) is 16.6 Å². The maximum atomic E-state index is 13.4. The predicted octanol–water partition coefficient (Wildman–Crippen LogP) is 3.78. The molecule has 5 heteroatoms. The van der Waals surface area contributed by atoms with Gasteiger partial charge in [0.05, 0.1) is 0 Å². The van der Waals surface area contributed by atoms with E-state index in [1.807, 2.05) is 7.05 Å². The molecule has 0 saturated heterocycles. The van der Waals surface area contributed by atoms with Crippen molar-refractivity contribution in [1.82, 2.24) is 4.90 Å². The number of hydrogen-bond acceptors (Lipinski definition) is 3. The summed E-state index contributed by atoms with van der Waals surface area (Å²) in [5.41, 5.74) is 8.01. The van der Waals surface area contributed by atoms with Crippen LogP contribution in [0.2, 0.25) is 0 Å². The second kappa shape index (κ2) is 6.61. The van der Waals surface area contributed by atoms with Crippen molar-refractivity contribution in [3.8, 4) is 0 Å². The first-order chi connectivity index (χ1) is 9.11. The number of nitrogens with zero attached hydrogens (tertiary/aromatic N) is 1. The number of benzene rings is 1. The molecule has 1 atom stereocenters. The summed E-state index contributed by atoms with van der Waals surface area (Å²) in [5.74, 6) is -0.236. The highest BCUT2D eigenvalue weighted by Gasteiger charge is 2.19. The summed E-state index contributed by atoms with van der Waals surface area (Å²) in [4.78, 5) is 2.14. The molecule has 0 radical (unpaired) electrons. The summed E-state index contributed by atoms with van der Waals surface area (Å²) >= 11 is 5.15. The average molecular weight is 343 g/mol. The van der Waals surface area contributed by atoms with Crippen molar-refractivity contribution in [3.63, 3.8) is 0 Å². The number of halogens is 2. The molecule has 0 aliphatic rings. The van der Waals surface area contributed by atoms with Crippen LogP contribution in [0, 0.1) is 5.82 Å². The Bertz CT molecular complexity index is 530. The lowest BCUT2D eigenvalue weighted by Crippen LogP contribution is -2.30. The Balaban J connectivity index is 2.21. The monoisotopic (exact) mass is 342 g/mol. The molecule has 0 spiro atoms. The molecule has 2 nitrogen and oxygen atoms in total. The van der Waals surface area contributed by atoms with Crippen LogP contribution >= 0.6 is 27.3 Å². The van der Waals surface area contributed by atoms with Gasteiger partial charge in [0, 0.05) is 23.6 Å². The molecule has 2 rings (SSSR count). The summed E-state index contributed by atoms with van der Waals surface area (Å²) in [7, 11) is 2.01. The topological polar surface area (TPSA) is 29.3 Å². The minimum Gasteiger partial charge on any atom is -0.329 e. The van der Waals surface area contributed by atoms with Gasteiger partial charge in [0.1, 0.15) is 5.82 Å². The van der Waals surface area contributed by atoms with E-state index in [1.54, 1.807) is 23.5 Å². The van der Waals surface area contributed by atoms with Crippen molar-refractivity contribution < 1.29 is 4.39 Å². The SMILES string of the molecule is CN(Cc1ccsc1)C(CN)c1cc(F)ccc1Br. The third-order valence-electron chi connectivity index (χ3n) is 3.08. The highest BCUT2D eigenvalue weighted by Crippen LogP contribution is 2.28. The fourth-order valence-corrected chi connectivity index (χ4v) is 3.27. The van der Waals surface area contributed by atoms with Crippen LogP contribution in [0.5, 0.6) is 0 Å². The molecule has 0 aliphatic heterocycles. The third kappa shape index (κ3) is 3.63. The zero-order valence-corrected chi connectivity index (χ0v) is 13.0. The van der Waals surface area contributed by atoms with Gasteiger partial charge in [-0.15, -0.1) is 0 Å². The standard InChI is InChI=1S/C14H16BrFN2S/c1-18(8-10-4-5-19-9-10)14(7-17)12-6-11(16)2-3-13(12)15/h2-6,9,14H,7-8,17H2,1H3. The summed E-state index contributed by atoms with van der Waals surface area (Å²) in [6.07, 6.45) is 0. The molecule has 1 heterocycles. The van der Waals surface area contributed by atoms with E-state index < -0.39 is 0 Å². The van der Waals surface area contributed by atoms with Crippen LogP contribution in [-0.4, -0.2) is 18.5 Å². The van der Waals surface area contributed by atoms with Gasteiger partial charge in [-0.25, -0.2) is 4.39 Å². The summed E-state index contributed by atoms with van der Waals surface area (Å²) in [6, 6.07) is 6.80. The average Bonchev–Trinajstić information content (AvgIpc) is 2.87. The first-order valence-electron chi connectivity index (χ1n) is 5.98. The second-order valence-corrected chi connectivity index (χ2v) is 6.10. The molecule has 0 aliphatic carbocycles. The quantitative estimate of drug-likeness (QED) is 0.895. The first-order valence-corrected chi connectivity index (χ1v) is 7.71. The number of likely N-dealkylation sites (N-methyl/N-ethyl adjacent to an activating group) is 1. The van der Waals surface area contributed by atoms with E-state index in [1.165, 1.54) is 11.6 Å². The van der Waals surface area contributed by atoms with Gasteiger partial charge in [-0.05, 0) is 53.2 Å². The molecule has 1 aromatic heterocycles. The lowest BCUT2D eigenvalue weighted by Gasteiger charge is -2.28. The van der Waals surface area contributed by atoms with Gasteiger partial charge in [-0.1, -0.05) is 15.9 Å². The molecule has 1 unspecified atom stereocenters. The molecule has 0 amide bonds. The van der Waals surface area contributed by atoms with Crippen LogP contribution in [0.1, 0.15) is 17.2 Å². The fraction of sp³-hybridized carbons (Fsp3) is 0.286. The first kappa shape index (κ1) is 14.7. The highest BCUT2D eigenvalue weighted by atomic mass is 79.9. The minimum atomic E-state index is -0.236. The van der Waals surface area contributed by atoms with Crippen LogP contribution in [0.15, 0.2) is 39.5 Å². The van der Waals surface area contributed by atoms with E-state index in [2.05, 4.69) is 37.7 Å². The van der Waals surface area contributed by atoms with Crippen molar-refractivity contribution in [2.45, 2.75) is 12.6 Å². The van der Waals surface area contributed by atoms with Gasteiger partial charge < -0.3 is 5.73 Å². The number of nitrogens with two attached hydrogens (primary N) is 1. The van der Waals surface area contributed by atoms with Crippen LogP contribution in [0.25, 0.3) is 0 Å². The second-order valence-electron chi connectivity index (χ2n) is 4.46. The van der Waals surface area contributed by atoms with Crippen molar-refractivity contribution in [3.05, 3.63) is 56.4 Å². The Labute approximate surface area is 125 Å². The van der Waals surface area contributed by atoms with Gasteiger partial charge in [-0.2, -0.15) is 11.3 Å². The van der Waals surface area contributed by atoms with E-state index in [0.29, 0.717) is 6.54 Å². The Kier molecular flexibility index (Phi) is 5.10. The van der Waals surface area contributed by atoms with Crippen LogP contribution in [-0.2, 0) is 6.54 Å². The van der Waals surface area contributed by atoms with Crippen molar-refractivity contribution >= 4 is 27.3 Å². The summed E-state index contributed by atoms with van der Waals surface area (Å²) < 4.78 is 14.3. The van der Waals surface area contributed by atoms with Gasteiger partial charge in [0.25, 0.3) is 0 Å². The van der Waals surface area contributed by atoms with Crippen LogP contribution < -0.4 is 5.73 Å². The Morgan fingerprint density at radius 3 is 2.84 bits per heavy atom. The molecule has 0 fully saturated rings. The minimum absolute atomic E-state index is 0.00928. The maximum absolute atomic E-state index is 13.4. The lowest BCUT2D eigenvalue weighted by atomic mass is 10.1. The van der Waals surface area contributed by atoms with Crippen molar-refractivity contribution in [1.29, 1.82) is 0 Å². The Morgan fingerprint density at radius 1 is 1.42 bits per heavy atom. The summed E-state index contributed by atoms with van der Waals surface area (Å²) in [5, 5.41) is 4.17. The normalized spacial score (nSPS) is 12.9. The van der Waals surface area contributed by atoms with E-state index in [4.69, 9.17) is 5.73 Å². The molecule has 2 N–H and O–H groups in total. The molecule has 0 bridgehead atoms. The Hall–Kier alpha value is -0.750. The number of hydrogen-bond donors (Lipinski definition) is 1. The van der Waals surface area contributed by atoms with Gasteiger partial charge in [-0.3, -0.25) is 4.90 Å². The van der Waals surface area contributed by atoms with Gasteiger partial charge in [0.2, 0.25) is 0 Å². The number of thiophene rings is 1. The van der Waals surface area contributed by atoms with Gasteiger partial charge in [0.15, 0.2) is 0 Å². The van der Waals surface area contributed by atoms with Crippen LogP contribution in [0.3, 0.4) is 0 Å². The molecule has 19 heavy (non-hydrogen) atoms. The molecule has 102 valence electrons. The fourth-order valence-electron chi connectivity index (χ4n) is 2.10. The third-order valence-corrected chi connectivity index (χ3v) is 4.54. The summed E-state index contributed by atoms with van der Waals surface area (Å²) in [6.45, 7) is 1.25. The largest absolute Gasteiger partial charge is 0.329 e. The Morgan fingerprint density at radius 2 is 2.21 bits per heavy atom. The molecular weight excluding hydrogens is 327 g/mol. The van der Waals surface area contributed by atoms with E-state index in [-0.39, 0.29) is 11.9 Å². The van der Waals surface area contributed by atoms with Crippen molar-refractivity contribution in [2.75, 3.05) is 13.6 Å². The van der Waals surface area contributed by atoms with Crippen LogP contribution in [0.4, 0.5) is 4.39 Å². The predicted molar refractivity (Wildman–Crippen MR) is 81.7 cm³/mol. The molecule has 2 aromatic rings. The maximum Gasteiger partial charge on any atom is 0.123 e. The zero-order chi connectivity index (χ0) is 13.8. The zero-order valence-electron chi connectivity index (χ0n) is 10.6. The van der Waals surface area contributed by atoms with Crippen molar-refractivity contribution in [2.24, 2.45) is 5.73 Å². The number of rotatable bonds is 5. The lowest BCUT2D eigenvalue weighted by molar-refractivity contribution is 0.241. The molecular formula is C14H16BrFN2S. The van der Waals surface area contributed by atoms with E-state index in [9.17, 15) is 4.39 Å². The highest BCUT2D eigenvalue weighted by molar-refractivity contribution is 9.10. The van der Waals surface area contributed by atoms with E-state index >= 15 is 0 Å². The molecule has 0 saturated carbocycles.